The van der Waals surface area contributed by atoms with Crippen molar-refractivity contribution in [2.24, 2.45) is 5.92 Å². The van der Waals surface area contributed by atoms with E-state index in [9.17, 15) is 4.79 Å². The molecule has 0 bridgehead atoms. The minimum Gasteiger partial charge on any atom is -0.381 e. The van der Waals surface area contributed by atoms with Crippen LogP contribution in [0, 0.1) is 5.92 Å². The van der Waals surface area contributed by atoms with Crippen LogP contribution in [0.2, 0.25) is 0 Å². The van der Waals surface area contributed by atoms with Gasteiger partial charge < -0.3 is 20.1 Å². The van der Waals surface area contributed by atoms with Crippen LogP contribution in [0.25, 0.3) is 0 Å². The Morgan fingerprint density at radius 3 is 2.50 bits per heavy atom. The first-order valence-electron chi connectivity index (χ1n) is 9.02. The van der Waals surface area contributed by atoms with Gasteiger partial charge in [0, 0.05) is 25.8 Å². The summed E-state index contributed by atoms with van der Waals surface area (Å²) in [5.41, 5.74) is 2.26. The summed E-state index contributed by atoms with van der Waals surface area (Å²) in [7, 11) is 0. The number of nitrogens with one attached hydrogen (secondary N) is 2. The van der Waals surface area contributed by atoms with Gasteiger partial charge >= 0.3 is 6.03 Å². The van der Waals surface area contributed by atoms with Gasteiger partial charge in [0.25, 0.3) is 0 Å². The lowest BCUT2D eigenvalue weighted by Crippen LogP contribution is -2.41. The van der Waals surface area contributed by atoms with E-state index in [4.69, 9.17) is 9.47 Å². The highest BCUT2D eigenvalue weighted by Crippen LogP contribution is 2.32. The zero-order valence-electron chi connectivity index (χ0n) is 14.4. The zero-order valence-corrected chi connectivity index (χ0v) is 14.4. The Hall–Kier alpha value is -1.59. The number of ether oxygens (including phenoxy) is 2. The quantitative estimate of drug-likeness (QED) is 0.807. The predicted molar refractivity (Wildman–Crippen MR) is 92.6 cm³/mol. The normalized spacial score (nSPS) is 19.7. The largest absolute Gasteiger partial charge is 0.381 e. The third-order valence-electron chi connectivity index (χ3n) is 4.82. The predicted octanol–water partition coefficient (Wildman–Crippen LogP) is 2.98. The second-order valence-electron chi connectivity index (χ2n) is 6.89. The molecular weight excluding hydrogens is 304 g/mol. The van der Waals surface area contributed by atoms with Gasteiger partial charge in [-0.2, -0.15) is 0 Å². The lowest BCUT2D eigenvalue weighted by atomic mass is 10.1. The Kier molecular flexibility index (Phi) is 6.10. The molecule has 1 aliphatic carbocycles. The fraction of sp³-hybridized carbons (Fsp3) is 0.632. The Morgan fingerprint density at radius 1 is 1.17 bits per heavy atom. The van der Waals surface area contributed by atoms with Crippen molar-refractivity contribution in [2.75, 3.05) is 13.2 Å². The molecule has 1 atom stereocenters. The second-order valence-corrected chi connectivity index (χ2v) is 6.89. The molecule has 2 amide bonds. The summed E-state index contributed by atoms with van der Waals surface area (Å²) < 4.78 is 11.3. The van der Waals surface area contributed by atoms with Crippen LogP contribution >= 0.6 is 0 Å². The molecule has 0 unspecified atom stereocenters. The minimum atomic E-state index is -0.0821. The molecule has 0 radical (unpaired) electrons. The average Bonchev–Trinajstić information content (AvgIpc) is 3.45. The van der Waals surface area contributed by atoms with E-state index in [1.807, 2.05) is 12.1 Å². The monoisotopic (exact) mass is 332 g/mol. The number of benzene rings is 1. The molecule has 0 spiro atoms. The van der Waals surface area contributed by atoms with Crippen LogP contribution in [0.15, 0.2) is 24.3 Å². The molecule has 1 saturated carbocycles. The van der Waals surface area contributed by atoms with E-state index in [2.05, 4.69) is 29.7 Å². The van der Waals surface area contributed by atoms with Gasteiger partial charge in [0.15, 0.2) is 0 Å². The first kappa shape index (κ1) is 17.2. The molecule has 0 aromatic heterocycles. The lowest BCUT2D eigenvalue weighted by molar-refractivity contribution is -0.0390. The maximum Gasteiger partial charge on any atom is 0.315 e. The molecule has 2 fully saturated rings. The summed E-state index contributed by atoms with van der Waals surface area (Å²) in [6, 6.07) is 8.43. The number of hydrogen-bond donors (Lipinski definition) is 2. The SMILES string of the molecule is C[C@@H](NC(=O)NCc1ccc(COC2CCOCC2)cc1)C1CC1. The molecule has 1 aromatic rings. The number of amides is 2. The topological polar surface area (TPSA) is 59.6 Å². The van der Waals surface area contributed by atoms with Gasteiger partial charge in [-0.1, -0.05) is 24.3 Å². The van der Waals surface area contributed by atoms with Crippen molar-refractivity contribution in [1.82, 2.24) is 10.6 Å². The third-order valence-corrected chi connectivity index (χ3v) is 4.82. The standard InChI is InChI=1S/C19H28N2O3/c1-14(17-6-7-17)21-19(22)20-12-15-2-4-16(5-3-15)13-24-18-8-10-23-11-9-18/h2-5,14,17-18H,6-13H2,1H3,(H2,20,21,22)/t14-/m1/s1. The number of rotatable bonds is 7. The molecule has 1 heterocycles. The van der Waals surface area contributed by atoms with Crippen molar-refractivity contribution >= 4 is 6.03 Å². The van der Waals surface area contributed by atoms with Gasteiger partial charge in [0.2, 0.25) is 0 Å². The smallest absolute Gasteiger partial charge is 0.315 e. The van der Waals surface area contributed by atoms with Crippen molar-refractivity contribution in [2.45, 2.75) is 57.9 Å². The summed E-state index contributed by atoms with van der Waals surface area (Å²) in [4.78, 5) is 11.9. The van der Waals surface area contributed by atoms with E-state index in [1.165, 1.54) is 12.8 Å². The van der Waals surface area contributed by atoms with Crippen LogP contribution in [0.4, 0.5) is 4.79 Å². The molecule has 3 rings (SSSR count). The van der Waals surface area contributed by atoms with Crippen molar-refractivity contribution in [3.8, 4) is 0 Å². The fourth-order valence-electron chi connectivity index (χ4n) is 2.96. The van der Waals surface area contributed by atoms with Gasteiger partial charge in [-0.25, -0.2) is 4.79 Å². The van der Waals surface area contributed by atoms with Crippen molar-refractivity contribution < 1.29 is 14.3 Å². The second kappa shape index (κ2) is 8.49. The molecule has 24 heavy (non-hydrogen) atoms. The summed E-state index contributed by atoms with van der Waals surface area (Å²) in [6.45, 7) is 4.86. The average molecular weight is 332 g/mol. The van der Waals surface area contributed by atoms with Gasteiger partial charge in [0.1, 0.15) is 0 Å². The Balaban J connectivity index is 1.36. The number of carbonyl (C=O) groups is 1. The van der Waals surface area contributed by atoms with E-state index >= 15 is 0 Å². The van der Waals surface area contributed by atoms with E-state index in [0.29, 0.717) is 25.2 Å². The van der Waals surface area contributed by atoms with Crippen LogP contribution in [0.3, 0.4) is 0 Å². The molecule has 1 aromatic carbocycles. The van der Waals surface area contributed by atoms with Gasteiger partial charge in [-0.15, -0.1) is 0 Å². The molecule has 1 saturated heterocycles. The minimum absolute atomic E-state index is 0.0821. The summed E-state index contributed by atoms with van der Waals surface area (Å²) in [6.07, 6.45) is 4.75. The molecule has 5 heteroatoms. The summed E-state index contributed by atoms with van der Waals surface area (Å²) >= 11 is 0. The fourth-order valence-corrected chi connectivity index (χ4v) is 2.96. The van der Waals surface area contributed by atoms with Gasteiger partial charge in [0.05, 0.1) is 12.7 Å². The van der Waals surface area contributed by atoms with Crippen LogP contribution < -0.4 is 10.6 Å². The molecule has 2 N–H and O–H groups in total. The number of carbonyl (C=O) groups excluding carboxylic acids is 1. The molecule has 5 nitrogen and oxygen atoms in total. The van der Waals surface area contributed by atoms with Crippen molar-refractivity contribution in [3.63, 3.8) is 0 Å². The van der Waals surface area contributed by atoms with Crippen molar-refractivity contribution in [1.29, 1.82) is 0 Å². The zero-order chi connectivity index (χ0) is 16.8. The van der Waals surface area contributed by atoms with Crippen LogP contribution in [-0.2, 0) is 22.6 Å². The van der Waals surface area contributed by atoms with E-state index in [-0.39, 0.29) is 12.1 Å². The first-order chi connectivity index (χ1) is 11.7. The Bertz CT molecular complexity index is 522. The third kappa shape index (κ3) is 5.49. The first-order valence-corrected chi connectivity index (χ1v) is 9.02. The van der Waals surface area contributed by atoms with Crippen LogP contribution in [0.1, 0.15) is 43.7 Å². The molecule has 1 aliphatic heterocycles. The molecule has 2 aliphatic rings. The lowest BCUT2D eigenvalue weighted by Gasteiger charge is -2.22. The Labute approximate surface area is 144 Å². The maximum atomic E-state index is 11.9. The van der Waals surface area contributed by atoms with Gasteiger partial charge in [-0.3, -0.25) is 0 Å². The highest BCUT2D eigenvalue weighted by molar-refractivity contribution is 5.74. The number of urea groups is 1. The highest BCUT2D eigenvalue weighted by Gasteiger charge is 2.28. The van der Waals surface area contributed by atoms with Gasteiger partial charge in [-0.05, 0) is 49.7 Å². The summed E-state index contributed by atoms with van der Waals surface area (Å²) in [5, 5.41) is 5.92. The highest BCUT2D eigenvalue weighted by atomic mass is 16.5. The Morgan fingerprint density at radius 2 is 1.83 bits per heavy atom. The maximum absolute atomic E-state index is 11.9. The van der Waals surface area contributed by atoms with E-state index < -0.39 is 0 Å². The summed E-state index contributed by atoms with van der Waals surface area (Å²) in [5.74, 6) is 0.672. The molecular formula is C19H28N2O3. The van der Waals surface area contributed by atoms with Crippen molar-refractivity contribution in [3.05, 3.63) is 35.4 Å². The van der Waals surface area contributed by atoms with Crippen LogP contribution in [0.5, 0.6) is 0 Å². The van der Waals surface area contributed by atoms with E-state index in [1.54, 1.807) is 0 Å². The van der Waals surface area contributed by atoms with Crippen LogP contribution in [-0.4, -0.2) is 31.4 Å². The molecule has 132 valence electrons. The number of hydrogen-bond acceptors (Lipinski definition) is 3. The van der Waals surface area contributed by atoms with E-state index in [0.717, 1.165) is 37.2 Å².